The van der Waals surface area contributed by atoms with Crippen LogP contribution in [0.5, 0.6) is 0 Å². The molecule has 0 heterocycles. The minimum absolute atomic E-state index is 0.158. The van der Waals surface area contributed by atoms with Gasteiger partial charge in [0.25, 0.3) is 0 Å². The molecular formula is C14H22O2. The number of hydrogen-bond donors (Lipinski definition) is 1. The molecule has 1 aromatic rings. The third kappa shape index (κ3) is 3.32. The van der Waals surface area contributed by atoms with Crippen LogP contribution in [0.4, 0.5) is 0 Å². The van der Waals surface area contributed by atoms with Crippen molar-refractivity contribution in [3.63, 3.8) is 0 Å². The maximum Gasteiger partial charge on any atom is 0.105 e. The number of benzene rings is 1. The Morgan fingerprint density at radius 2 is 1.56 bits per heavy atom. The van der Waals surface area contributed by atoms with E-state index < -0.39 is 6.10 Å². The van der Waals surface area contributed by atoms with Crippen LogP contribution in [-0.2, 0) is 4.74 Å². The van der Waals surface area contributed by atoms with Crippen molar-refractivity contribution >= 4 is 0 Å². The minimum Gasteiger partial charge on any atom is -0.386 e. The van der Waals surface area contributed by atoms with Crippen LogP contribution in [0, 0.1) is 0 Å². The normalized spacial score (nSPS) is 15.1. The first-order valence-electron chi connectivity index (χ1n) is 5.95. The van der Waals surface area contributed by atoms with E-state index in [1.807, 2.05) is 26.0 Å². The van der Waals surface area contributed by atoms with Gasteiger partial charge in [0, 0.05) is 6.61 Å². The Morgan fingerprint density at radius 1 is 1.06 bits per heavy atom. The van der Waals surface area contributed by atoms with Gasteiger partial charge in [0.2, 0.25) is 0 Å². The third-order valence-electron chi connectivity index (χ3n) is 2.82. The van der Waals surface area contributed by atoms with Gasteiger partial charge in [-0.15, -0.1) is 0 Å². The average Bonchev–Trinajstić information content (AvgIpc) is 2.28. The summed E-state index contributed by atoms with van der Waals surface area (Å²) in [5, 5.41) is 10.0. The summed E-state index contributed by atoms with van der Waals surface area (Å²) in [6.45, 7) is 8.78. The van der Waals surface area contributed by atoms with Gasteiger partial charge in [0.15, 0.2) is 0 Å². The highest BCUT2D eigenvalue weighted by molar-refractivity contribution is 5.26. The van der Waals surface area contributed by atoms with Crippen molar-refractivity contribution in [2.45, 2.75) is 45.8 Å². The Labute approximate surface area is 98.3 Å². The molecule has 90 valence electrons. The smallest absolute Gasteiger partial charge is 0.105 e. The molecule has 2 heteroatoms. The number of ether oxygens (including phenoxy) is 1. The number of hydrogen-bond acceptors (Lipinski definition) is 2. The first-order valence-corrected chi connectivity index (χ1v) is 5.95. The fourth-order valence-corrected chi connectivity index (χ4v) is 1.70. The summed E-state index contributed by atoms with van der Waals surface area (Å²) in [5.41, 5.74) is 2.21. The van der Waals surface area contributed by atoms with E-state index in [4.69, 9.17) is 4.74 Å². The molecular weight excluding hydrogens is 200 g/mol. The molecule has 0 aromatic heterocycles. The standard InChI is InChI=1S/C14H22O2/c1-5-16-11(4)14(15)13-8-6-12(7-9-13)10(2)3/h6-11,14-15H,5H2,1-4H3. The van der Waals surface area contributed by atoms with E-state index in [0.717, 1.165) is 5.56 Å². The van der Waals surface area contributed by atoms with Gasteiger partial charge in [-0.2, -0.15) is 0 Å². The van der Waals surface area contributed by atoms with E-state index in [-0.39, 0.29) is 6.10 Å². The molecule has 2 atom stereocenters. The van der Waals surface area contributed by atoms with E-state index >= 15 is 0 Å². The lowest BCUT2D eigenvalue weighted by Crippen LogP contribution is -2.18. The molecule has 1 aromatic carbocycles. The first-order chi connectivity index (χ1) is 7.56. The minimum atomic E-state index is -0.541. The molecule has 16 heavy (non-hydrogen) atoms. The molecule has 0 amide bonds. The molecule has 1 N–H and O–H groups in total. The second-order valence-electron chi connectivity index (χ2n) is 4.43. The lowest BCUT2D eigenvalue weighted by molar-refractivity contribution is -0.0227. The zero-order valence-corrected chi connectivity index (χ0v) is 10.6. The third-order valence-corrected chi connectivity index (χ3v) is 2.82. The predicted octanol–water partition coefficient (Wildman–Crippen LogP) is 3.27. The fraction of sp³-hybridized carbons (Fsp3) is 0.571. The topological polar surface area (TPSA) is 29.5 Å². The van der Waals surface area contributed by atoms with Crippen LogP contribution in [0.2, 0.25) is 0 Å². The summed E-state index contributed by atoms with van der Waals surface area (Å²) in [7, 11) is 0. The van der Waals surface area contributed by atoms with Crippen molar-refractivity contribution in [1.29, 1.82) is 0 Å². The monoisotopic (exact) mass is 222 g/mol. The maximum absolute atomic E-state index is 10.0. The summed E-state index contributed by atoms with van der Waals surface area (Å²) < 4.78 is 5.39. The quantitative estimate of drug-likeness (QED) is 0.828. The molecule has 0 saturated heterocycles. The molecule has 0 saturated carbocycles. The fourth-order valence-electron chi connectivity index (χ4n) is 1.70. The summed E-state index contributed by atoms with van der Waals surface area (Å²) >= 11 is 0. The van der Waals surface area contributed by atoms with Crippen molar-refractivity contribution in [1.82, 2.24) is 0 Å². The van der Waals surface area contributed by atoms with Crippen molar-refractivity contribution in [3.05, 3.63) is 35.4 Å². The molecule has 0 aliphatic carbocycles. The van der Waals surface area contributed by atoms with E-state index in [9.17, 15) is 5.11 Å². The average molecular weight is 222 g/mol. The Balaban J connectivity index is 2.73. The Kier molecular flexibility index (Phi) is 4.97. The summed E-state index contributed by atoms with van der Waals surface area (Å²) in [6, 6.07) is 8.11. The lowest BCUT2D eigenvalue weighted by atomic mass is 9.98. The maximum atomic E-state index is 10.0. The molecule has 0 aliphatic rings. The highest BCUT2D eigenvalue weighted by atomic mass is 16.5. The van der Waals surface area contributed by atoms with E-state index in [1.165, 1.54) is 5.56 Å². The van der Waals surface area contributed by atoms with Crippen LogP contribution in [0.1, 0.15) is 50.8 Å². The second-order valence-corrected chi connectivity index (χ2v) is 4.43. The van der Waals surface area contributed by atoms with Gasteiger partial charge in [-0.25, -0.2) is 0 Å². The Hall–Kier alpha value is -0.860. The van der Waals surface area contributed by atoms with Gasteiger partial charge < -0.3 is 9.84 Å². The molecule has 2 unspecified atom stereocenters. The molecule has 0 fully saturated rings. The van der Waals surface area contributed by atoms with Gasteiger partial charge in [0.05, 0.1) is 6.10 Å². The molecule has 1 rings (SSSR count). The van der Waals surface area contributed by atoms with Gasteiger partial charge >= 0.3 is 0 Å². The lowest BCUT2D eigenvalue weighted by Gasteiger charge is -2.19. The highest BCUT2D eigenvalue weighted by Crippen LogP contribution is 2.22. The second kappa shape index (κ2) is 6.02. The van der Waals surface area contributed by atoms with Gasteiger partial charge in [-0.1, -0.05) is 38.1 Å². The van der Waals surface area contributed by atoms with Crippen LogP contribution in [0.3, 0.4) is 0 Å². The number of aliphatic hydroxyl groups is 1. The van der Waals surface area contributed by atoms with Crippen LogP contribution in [0.25, 0.3) is 0 Å². The van der Waals surface area contributed by atoms with Crippen molar-refractivity contribution in [3.8, 4) is 0 Å². The highest BCUT2D eigenvalue weighted by Gasteiger charge is 2.16. The van der Waals surface area contributed by atoms with Crippen molar-refractivity contribution < 1.29 is 9.84 Å². The summed E-state index contributed by atoms with van der Waals surface area (Å²) in [4.78, 5) is 0. The van der Waals surface area contributed by atoms with Gasteiger partial charge in [-0.3, -0.25) is 0 Å². The summed E-state index contributed by atoms with van der Waals surface area (Å²) in [6.07, 6.45) is -0.698. The zero-order chi connectivity index (χ0) is 12.1. The predicted molar refractivity (Wildman–Crippen MR) is 66.6 cm³/mol. The zero-order valence-electron chi connectivity index (χ0n) is 10.6. The number of aliphatic hydroxyl groups excluding tert-OH is 1. The van der Waals surface area contributed by atoms with Crippen LogP contribution >= 0.6 is 0 Å². The van der Waals surface area contributed by atoms with Crippen molar-refractivity contribution in [2.75, 3.05) is 6.61 Å². The molecule has 0 bridgehead atoms. The van der Waals surface area contributed by atoms with Crippen LogP contribution in [0.15, 0.2) is 24.3 Å². The Bertz CT molecular complexity index is 303. The molecule has 2 nitrogen and oxygen atoms in total. The van der Waals surface area contributed by atoms with E-state index in [2.05, 4.69) is 26.0 Å². The molecule has 0 aliphatic heterocycles. The van der Waals surface area contributed by atoms with Crippen LogP contribution < -0.4 is 0 Å². The first kappa shape index (κ1) is 13.2. The van der Waals surface area contributed by atoms with Gasteiger partial charge in [0.1, 0.15) is 6.10 Å². The van der Waals surface area contributed by atoms with Gasteiger partial charge in [-0.05, 0) is 30.9 Å². The molecule has 0 spiro atoms. The summed E-state index contributed by atoms with van der Waals surface area (Å²) in [5.74, 6) is 0.524. The van der Waals surface area contributed by atoms with Crippen LogP contribution in [-0.4, -0.2) is 17.8 Å². The Morgan fingerprint density at radius 3 is 2.00 bits per heavy atom. The van der Waals surface area contributed by atoms with E-state index in [1.54, 1.807) is 0 Å². The number of rotatable bonds is 5. The van der Waals surface area contributed by atoms with Crippen molar-refractivity contribution in [2.24, 2.45) is 0 Å². The molecule has 0 radical (unpaired) electrons. The van der Waals surface area contributed by atoms with E-state index in [0.29, 0.717) is 12.5 Å². The largest absolute Gasteiger partial charge is 0.386 e. The SMILES string of the molecule is CCOC(C)C(O)c1ccc(C(C)C)cc1.